The molecule has 0 saturated heterocycles. The van der Waals surface area contributed by atoms with E-state index in [0.29, 0.717) is 12.3 Å². The summed E-state index contributed by atoms with van der Waals surface area (Å²) in [7, 11) is 0. The van der Waals surface area contributed by atoms with Crippen molar-refractivity contribution in [3.63, 3.8) is 0 Å². The largest absolute Gasteiger partial charge is 0.392 e. The standard InChI is InChI=1S/C17H17ClO/c18-16-7-3-4-12(8-16)9-17(19)15-10-13-5-1-2-6-14(13)11-15/h1-8,15,17,19H,9-11H2. The molecule has 0 amide bonds. The number of hydrogen-bond donors (Lipinski definition) is 1. The Morgan fingerprint density at radius 1 is 1.05 bits per heavy atom. The Bertz CT molecular complexity index is 554. The molecule has 1 atom stereocenters. The quantitative estimate of drug-likeness (QED) is 0.904. The summed E-state index contributed by atoms with van der Waals surface area (Å²) in [4.78, 5) is 0. The van der Waals surface area contributed by atoms with E-state index in [1.807, 2.05) is 24.3 Å². The molecule has 98 valence electrons. The van der Waals surface area contributed by atoms with Crippen LogP contribution in [0.3, 0.4) is 0 Å². The van der Waals surface area contributed by atoms with Gasteiger partial charge in [0.05, 0.1) is 6.10 Å². The first-order valence-corrected chi connectivity index (χ1v) is 7.09. The molecule has 0 saturated carbocycles. The molecule has 0 spiro atoms. The van der Waals surface area contributed by atoms with E-state index in [4.69, 9.17) is 11.6 Å². The van der Waals surface area contributed by atoms with Crippen molar-refractivity contribution in [1.82, 2.24) is 0 Å². The Hall–Kier alpha value is -1.31. The second-order valence-corrected chi connectivity index (χ2v) is 5.77. The van der Waals surface area contributed by atoms with E-state index in [0.717, 1.165) is 23.4 Å². The smallest absolute Gasteiger partial charge is 0.0615 e. The van der Waals surface area contributed by atoms with Crippen LogP contribution in [0.2, 0.25) is 5.02 Å². The van der Waals surface area contributed by atoms with Gasteiger partial charge in [0.2, 0.25) is 0 Å². The zero-order chi connectivity index (χ0) is 13.2. The van der Waals surface area contributed by atoms with E-state index in [-0.39, 0.29) is 6.10 Å². The maximum atomic E-state index is 10.4. The van der Waals surface area contributed by atoms with Crippen molar-refractivity contribution in [2.24, 2.45) is 5.92 Å². The van der Waals surface area contributed by atoms with Crippen LogP contribution >= 0.6 is 11.6 Å². The van der Waals surface area contributed by atoms with Crippen molar-refractivity contribution in [1.29, 1.82) is 0 Å². The predicted octanol–water partition coefficient (Wildman–Crippen LogP) is 3.66. The van der Waals surface area contributed by atoms with Gasteiger partial charge in [0, 0.05) is 5.02 Å². The van der Waals surface area contributed by atoms with Gasteiger partial charge in [-0.1, -0.05) is 48.0 Å². The summed E-state index contributed by atoms with van der Waals surface area (Å²) in [5, 5.41) is 11.2. The Morgan fingerprint density at radius 3 is 2.37 bits per heavy atom. The van der Waals surface area contributed by atoms with E-state index in [1.165, 1.54) is 11.1 Å². The van der Waals surface area contributed by atoms with Gasteiger partial charge in [-0.15, -0.1) is 0 Å². The van der Waals surface area contributed by atoms with E-state index in [2.05, 4.69) is 24.3 Å². The van der Waals surface area contributed by atoms with Crippen molar-refractivity contribution >= 4 is 11.6 Å². The van der Waals surface area contributed by atoms with Gasteiger partial charge in [-0.3, -0.25) is 0 Å². The van der Waals surface area contributed by atoms with Gasteiger partial charge >= 0.3 is 0 Å². The molecule has 2 heteroatoms. The molecule has 19 heavy (non-hydrogen) atoms. The fourth-order valence-corrected chi connectivity index (χ4v) is 3.15. The summed E-state index contributed by atoms with van der Waals surface area (Å²) in [6.07, 6.45) is 2.35. The molecule has 0 radical (unpaired) electrons. The predicted molar refractivity (Wildman–Crippen MR) is 78.5 cm³/mol. The first-order chi connectivity index (χ1) is 9.22. The number of benzene rings is 2. The zero-order valence-corrected chi connectivity index (χ0v) is 11.5. The number of hydrogen-bond acceptors (Lipinski definition) is 1. The molecule has 0 aliphatic heterocycles. The Labute approximate surface area is 118 Å². The van der Waals surface area contributed by atoms with Gasteiger partial charge < -0.3 is 5.11 Å². The van der Waals surface area contributed by atoms with Gasteiger partial charge in [-0.2, -0.15) is 0 Å². The third kappa shape index (κ3) is 2.83. The van der Waals surface area contributed by atoms with Crippen molar-refractivity contribution in [3.05, 3.63) is 70.2 Å². The summed E-state index contributed by atoms with van der Waals surface area (Å²) >= 11 is 5.98. The lowest BCUT2D eigenvalue weighted by molar-refractivity contribution is 0.113. The highest BCUT2D eigenvalue weighted by atomic mass is 35.5. The molecule has 0 heterocycles. The normalized spacial score (nSPS) is 16.3. The summed E-state index contributed by atoms with van der Waals surface area (Å²) in [5.41, 5.74) is 3.88. The van der Waals surface area contributed by atoms with Crippen molar-refractivity contribution in [3.8, 4) is 0 Å². The zero-order valence-electron chi connectivity index (χ0n) is 10.7. The minimum atomic E-state index is -0.300. The molecule has 1 unspecified atom stereocenters. The molecule has 0 bridgehead atoms. The maximum absolute atomic E-state index is 10.4. The van der Waals surface area contributed by atoms with Crippen LogP contribution in [-0.4, -0.2) is 11.2 Å². The summed E-state index contributed by atoms with van der Waals surface area (Å²) in [6.45, 7) is 0. The lowest BCUT2D eigenvalue weighted by Gasteiger charge is -2.17. The Kier molecular flexibility index (Phi) is 3.58. The number of fused-ring (bicyclic) bond motifs is 1. The van der Waals surface area contributed by atoms with E-state index < -0.39 is 0 Å². The SMILES string of the molecule is OC(Cc1cccc(Cl)c1)C1Cc2ccccc2C1. The number of aliphatic hydroxyl groups excluding tert-OH is 1. The summed E-state index contributed by atoms with van der Waals surface area (Å²) in [5.74, 6) is 0.330. The third-order valence-electron chi connectivity index (χ3n) is 3.96. The molecule has 2 aromatic rings. The highest BCUT2D eigenvalue weighted by Gasteiger charge is 2.27. The first kappa shape index (κ1) is 12.7. The second-order valence-electron chi connectivity index (χ2n) is 5.34. The third-order valence-corrected chi connectivity index (χ3v) is 4.20. The lowest BCUT2D eigenvalue weighted by atomic mass is 9.94. The molecule has 1 aliphatic rings. The lowest BCUT2D eigenvalue weighted by Crippen LogP contribution is -2.23. The van der Waals surface area contributed by atoms with Crippen LogP contribution in [0.15, 0.2) is 48.5 Å². The monoisotopic (exact) mass is 272 g/mol. The highest BCUT2D eigenvalue weighted by Crippen LogP contribution is 2.30. The van der Waals surface area contributed by atoms with Gasteiger partial charge in [0.15, 0.2) is 0 Å². The minimum absolute atomic E-state index is 0.300. The van der Waals surface area contributed by atoms with Crippen molar-refractivity contribution < 1.29 is 5.11 Å². The Morgan fingerprint density at radius 2 is 1.74 bits per heavy atom. The van der Waals surface area contributed by atoms with Gasteiger partial charge in [0.1, 0.15) is 0 Å². The van der Waals surface area contributed by atoms with Gasteiger partial charge in [0.25, 0.3) is 0 Å². The molecule has 0 aromatic heterocycles. The fraction of sp³-hybridized carbons (Fsp3) is 0.294. The topological polar surface area (TPSA) is 20.2 Å². The van der Waals surface area contributed by atoms with Crippen LogP contribution < -0.4 is 0 Å². The van der Waals surface area contributed by atoms with Crippen LogP contribution in [0.1, 0.15) is 16.7 Å². The summed E-state index contributed by atoms with van der Waals surface area (Å²) < 4.78 is 0. The molecule has 1 N–H and O–H groups in total. The highest BCUT2D eigenvalue weighted by molar-refractivity contribution is 6.30. The second kappa shape index (κ2) is 5.36. The number of halogens is 1. The fourth-order valence-electron chi connectivity index (χ4n) is 2.94. The molecule has 0 fully saturated rings. The maximum Gasteiger partial charge on any atom is 0.0615 e. The van der Waals surface area contributed by atoms with Crippen molar-refractivity contribution in [2.45, 2.75) is 25.4 Å². The average molecular weight is 273 g/mol. The van der Waals surface area contributed by atoms with Crippen LogP contribution in [0.4, 0.5) is 0 Å². The van der Waals surface area contributed by atoms with E-state index in [9.17, 15) is 5.11 Å². The Balaban J connectivity index is 1.68. The molecule has 2 aromatic carbocycles. The minimum Gasteiger partial charge on any atom is -0.392 e. The van der Waals surface area contributed by atoms with E-state index in [1.54, 1.807) is 0 Å². The molecule has 1 nitrogen and oxygen atoms in total. The van der Waals surface area contributed by atoms with Crippen LogP contribution in [-0.2, 0) is 19.3 Å². The van der Waals surface area contributed by atoms with Gasteiger partial charge in [-0.25, -0.2) is 0 Å². The van der Waals surface area contributed by atoms with E-state index >= 15 is 0 Å². The molecule has 1 aliphatic carbocycles. The molecule has 3 rings (SSSR count). The summed E-state index contributed by atoms with van der Waals surface area (Å²) in [6, 6.07) is 16.2. The molecular formula is C17H17ClO. The van der Waals surface area contributed by atoms with Crippen molar-refractivity contribution in [2.75, 3.05) is 0 Å². The number of aliphatic hydroxyl groups is 1. The van der Waals surface area contributed by atoms with Crippen LogP contribution in [0, 0.1) is 5.92 Å². The first-order valence-electron chi connectivity index (χ1n) is 6.71. The molecular weight excluding hydrogens is 256 g/mol. The number of rotatable bonds is 3. The average Bonchev–Trinajstić information content (AvgIpc) is 2.82. The van der Waals surface area contributed by atoms with Crippen LogP contribution in [0.5, 0.6) is 0 Å². The van der Waals surface area contributed by atoms with Gasteiger partial charge in [-0.05, 0) is 54.0 Å². The van der Waals surface area contributed by atoms with Crippen LogP contribution in [0.25, 0.3) is 0 Å².